The van der Waals surface area contributed by atoms with Gasteiger partial charge in [0, 0.05) is 18.2 Å². The number of nitrogens with one attached hydrogen (secondary N) is 2. The molecular formula is C19H19ClN6O. The summed E-state index contributed by atoms with van der Waals surface area (Å²) in [4.78, 5) is 4.63. The molecule has 7 nitrogen and oxygen atoms in total. The quantitative estimate of drug-likeness (QED) is 0.708. The molecule has 0 bridgehead atoms. The molecule has 138 valence electrons. The maximum Gasteiger partial charge on any atom is 0.206 e. The van der Waals surface area contributed by atoms with Crippen molar-refractivity contribution in [1.29, 1.82) is 0 Å². The van der Waals surface area contributed by atoms with Crippen LogP contribution in [0, 0.1) is 0 Å². The topological polar surface area (TPSA) is 88.6 Å². The lowest BCUT2D eigenvalue weighted by Crippen LogP contribution is -2.49. The Balaban J connectivity index is 1.38. The number of aryl methyl sites for hydroxylation is 1. The average Bonchev–Trinajstić information content (AvgIpc) is 3.24. The molecule has 2 aromatic heterocycles. The van der Waals surface area contributed by atoms with Crippen LogP contribution in [-0.2, 0) is 6.42 Å². The highest BCUT2D eigenvalue weighted by Gasteiger charge is 2.42. The van der Waals surface area contributed by atoms with Crippen molar-refractivity contribution < 1.29 is 4.74 Å². The highest BCUT2D eigenvalue weighted by Crippen LogP contribution is 2.44. The predicted octanol–water partition coefficient (Wildman–Crippen LogP) is 3.10. The molecule has 2 aliphatic heterocycles. The second kappa shape index (κ2) is 6.58. The molecule has 1 unspecified atom stereocenters. The fraction of sp³-hybridized carbons (Fsp3) is 0.368. The van der Waals surface area contributed by atoms with Crippen molar-refractivity contribution in [2.75, 3.05) is 6.54 Å². The number of fused-ring (bicyclic) bond motifs is 1. The van der Waals surface area contributed by atoms with Crippen molar-refractivity contribution in [2.45, 2.75) is 37.3 Å². The van der Waals surface area contributed by atoms with Gasteiger partial charge in [0.05, 0.1) is 16.8 Å². The van der Waals surface area contributed by atoms with E-state index >= 15 is 0 Å². The van der Waals surface area contributed by atoms with Crippen molar-refractivity contribution in [3.8, 4) is 17.1 Å². The maximum absolute atomic E-state index is 6.49. The van der Waals surface area contributed by atoms with Crippen LogP contribution in [0.3, 0.4) is 0 Å². The van der Waals surface area contributed by atoms with Gasteiger partial charge in [-0.1, -0.05) is 23.7 Å². The van der Waals surface area contributed by atoms with Gasteiger partial charge in [0.25, 0.3) is 0 Å². The maximum atomic E-state index is 6.49. The number of ether oxygens (including phenoxy) is 1. The first-order valence-electron chi connectivity index (χ1n) is 9.12. The molecule has 0 aliphatic carbocycles. The number of benzene rings is 1. The fourth-order valence-electron chi connectivity index (χ4n) is 4.07. The number of aromatic nitrogens is 5. The Hall–Kier alpha value is -2.51. The molecule has 0 radical (unpaired) electrons. The summed E-state index contributed by atoms with van der Waals surface area (Å²) in [6.45, 7) is 0.888. The van der Waals surface area contributed by atoms with Crippen LogP contribution >= 0.6 is 11.6 Å². The Morgan fingerprint density at radius 2 is 2.15 bits per heavy atom. The molecule has 1 fully saturated rings. The predicted molar refractivity (Wildman–Crippen MR) is 101 cm³/mol. The van der Waals surface area contributed by atoms with E-state index in [9.17, 15) is 0 Å². The zero-order chi connectivity index (χ0) is 18.3. The summed E-state index contributed by atoms with van der Waals surface area (Å²) in [6, 6.07) is 10.1. The molecule has 4 heterocycles. The normalized spacial score (nSPS) is 24.4. The number of hydrogen-bond donors (Lipinski definition) is 2. The molecular weight excluding hydrogens is 364 g/mol. The van der Waals surface area contributed by atoms with E-state index in [0.717, 1.165) is 49.2 Å². The molecule has 1 saturated heterocycles. The molecule has 27 heavy (non-hydrogen) atoms. The number of halogens is 1. The SMILES string of the molecule is Clc1cccc2c1OC1(CCN[C@@H](c3ccc(-c4nn[nH]n4)cn3)C1)CC2. The lowest BCUT2D eigenvalue weighted by Gasteiger charge is -2.44. The molecule has 0 saturated carbocycles. The Bertz CT molecular complexity index is 945. The second-order valence-electron chi connectivity index (χ2n) is 7.18. The first kappa shape index (κ1) is 16.6. The van der Waals surface area contributed by atoms with Crippen LogP contribution in [0.2, 0.25) is 5.02 Å². The van der Waals surface area contributed by atoms with Crippen LogP contribution < -0.4 is 10.1 Å². The van der Waals surface area contributed by atoms with Gasteiger partial charge in [-0.05, 0) is 54.8 Å². The van der Waals surface area contributed by atoms with Gasteiger partial charge in [0.1, 0.15) is 11.4 Å². The van der Waals surface area contributed by atoms with E-state index in [1.54, 1.807) is 6.20 Å². The summed E-state index contributed by atoms with van der Waals surface area (Å²) in [7, 11) is 0. The van der Waals surface area contributed by atoms with E-state index in [1.165, 1.54) is 5.56 Å². The number of aromatic amines is 1. The van der Waals surface area contributed by atoms with Gasteiger partial charge in [-0.3, -0.25) is 4.98 Å². The van der Waals surface area contributed by atoms with Gasteiger partial charge in [-0.25, -0.2) is 0 Å². The largest absolute Gasteiger partial charge is 0.485 e. The van der Waals surface area contributed by atoms with Gasteiger partial charge in [-0.15, -0.1) is 10.2 Å². The first-order valence-corrected chi connectivity index (χ1v) is 9.50. The molecule has 3 aromatic rings. The first-order chi connectivity index (χ1) is 13.2. The van der Waals surface area contributed by atoms with Crippen LogP contribution in [0.5, 0.6) is 5.75 Å². The van der Waals surface area contributed by atoms with Gasteiger partial charge >= 0.3 is 0 Å². The highest BCUT2D eigenvalue weighted by molar-refractivity contribution is 6.32. The van der Waals surface area contributed by atoms with Gasteiger partial charge < -0.3 is 10.1 Å². The van der Waals surface area contributed by atoms with Gasteiger partial charge in [0.15, 0.2) is 0 Å². The Kier molecular flexibility index (Phi) is 4.06. The zero-order valence-electron chi connectivity index (χ0n) is 14.7. The minimum Gasteiger partial charge on any atom is -0.485 e. The number of hydrogen-bond acceptors (Lipinski definition) is 6. The van der Waals surface area contributed by atoms with Crippen molar-refractivity contribution in [3.05, 3.63) is 52.8 Å². The van der Waals surface area contributed by atoms with E-state index in [-0.39, 0.29) is 11.6 Å². The van der Waals surface area contributed by atoms with Crippen LogP contribution in [0.15, 0.2) is 36.5 Å². The van der Waals surface area contributed by atoms with Crippen molar-refractivity contribution in [3.63, 3.8) is 0 Å². The number of para-hydroxylation sites is 1. The number of pyridine rings is 1. The van der Waals surface area contributed by atoms with E-state index in [0.29, 0.717) is 10.8 Å². The van der Waals surface area contributed by atoms with E-state index in [1.807, 2.05) is 24.3 Å². The Morgan fingerprint density at radius 1 is 1.19 bits per heavy atom. The van der Waals surface area contributed by atoms with Crippen molar-refractivity contribution in [2.24, 2.45) is 0 Å². The van der Waals surface area contributed by atoms with Crippen LogP contribution in [0.25, 0.3) is 11.4 Å². The molecule has 2 aliphatic rings. The molecule has 2 atom stereocenters. The standard InChI is InChI=1S/C19H19ClN6O/c20-14-3-1-2-12-6-7-19(27-17(12)14)8-9-21-16(10-19)15-5-4-13(11-22-15)18-23-25-26-24-18/h1-5,11,16,21H,6-10H2,(H,23,24,25,26)/t16-,19?/m1/s1. The fourth-order valence-corrected chi connectivity index (χ4v) is 4.30. The third kappa shape index (κ3) is 3.07. The van der Waals surface area contributed by atoms with Gasteiger partial charge in [0.2, 0.25) is 5.82 Å². The summed E-state index contributed by atoms with van der Waals surface area (Å²) in [6.07, 6.45) is 5.62. The molecule has 0 amide bonds. The number of piperidine rings is 1. The minimum atomic E-state index is -0.193. The van der Waals surface area contributed by atoms with Crippen LogP contribution in [-0.4, -0.2) is 37.8 Å². The monoisotopic (exact) mass is 382 g/mol. The van der Waals surface area contributed by atoms with Crippen LogP contribution in [0.4, 0.5) is 0 Å². The Morgan fingerprint density at radius 3 is 2.96 bits per heavy atom. The van der Waals surface area contributed by atoms with Crippen molar-refractivity contribution in [1.82, 2.24) is 30.9 Å². The van der Waals surface area contributed by atoms with Crippen molar-refractivity contribution >= 4 is 11.6 Å². The number of tetrazole rings is 1. The number of nitrogens with zero attached hydrogens (tertiary/aromatic N) is 4. The summed E-state index contributed by atoms with van der Waals surface area (Å²) >= 11 is 6.39. The van der Waals surface area contributed by atoms with E-state index < -0.39 is 0 Å². The summed E-state index contributed by atoms with van der Waals surface area (Å²) < 4.78 is 6.49. The smallest absolute Gasteiger partial charge is 0.206 e. The molecule has 8 heteroatoms. The third-order valence-corrected chi connectivity index (χ3v) is 5.81. The minimum absolute atomic E-state index is 0.141. The Labute approximate surface area is 161 Å². The summed E-state index contributed by atoms with van der Waals surface area (Å²) in [5, 5.41) is 18.3. The number of rotatable bonds is 2. The van der Waals surface area contributed by atoms with Crippen LogP contribution in [0.1, 0.15) is 36.6 Å². The lowest BCUT2D eigenvalue weighted by atomic mass is 9.80. The third-order valence-electron chi connectivity index (χ3n) is 5.51. The average molecular weight is 383 g/mol. The molecule has 5 rings (SSSR count). The summed E-state index contributed by atoms with van der Waals surface area (Å²) in [5.74, 6) is 1.40. The number of H-pyrrole nitrogens is 1. The molecule has 2 N–H and O–H groups in total. The second-order valence-corrected chi connectivity index (χ2v) is 7.59. The summed E-state index contributed by atoms with van der Waals surface area (Å²) in [5.41, 5.74) is 2.84. The molecule has 1 aromatic carbocycles. The van der Waals surface area contributed by atoms with Gasteiger partial charge in [-0.2, -0.15) is 5.21 Å². The van der Waals surface area contributed by atoms with E-state index in [2.05, 4.69) is 37.0 Å². The highest BCUT2D eigenvalue weighted by atomic mass is 35.5. The zero-order valence-corrected chi connectivity index (χ0v) is 15.4. The molecule has 1 spiro atoms. The lowest BCUT2D eigenvalue weighted by molar-refractivity contribution is 0.00173. The van der Waals surface area contributed by atoms with E-state index in [4.69, 9.17) is 16.3 Å².